The van der Waals surface area contributed by atoms with Gasteiger partial charge in [-0.15, -0.1) is 0 Å². The van der Waals surface area contributed by atoms with Crippen LogP contribution in [0.5, 0.6) is 0 Å². The average Bonchev–Trinajstić information content (AvgIpc) is 3.59. The Morgan fingerprint density at radius 2 is 2.00 bits per heavy atom. The fourth-order valence-corrected chi connectivity index (χ4v) is 4.90. The summed E-state index contributed by atoms with van der Waals surface area (Å²) in [5.74, 6) is 0.470. The first kappa shape index (κ1) is 24.4. The molecule has 5 aromatic rings. The number of nitrogens with two attached hydrogens (primary N) is 1. The number of nitrogen functional groups attached to an aromatic ring is 1. The molecule has 0 spiro atoms. The van der Waals surface area contributed by atoms with Crippen LogP contribution in [0, 0.1) is 0 Å². The van der Waals surface area contributed by atoms with Crippen molar-refractivity contribution in [3.8, 4) is 28.5 Å². The number of anilines is 2. The minimum atomic E-state index is -0.296. The number of carbonyl (C=O) groups is 1. The van der Waals surface area contributed by atoms with Gasteiger partial charge >= 0.3 is 0 Å². The van der Waals surface area contributed by atoms with E-state index in [1.54, 1.807) is 18.6 Å². The maximum absolute atomic E-state index is 11.9. The second kappa shape index (κ2) is 10.1. The van der Waals surface area contributed by atoms with Gasteiger partial charge in [0.1, 0.15) is 11.2 Å². The van der Waals surface area contributed by atoms with Crippen LogP contribution < -0.4 is 11.1 Å². The third-order valence-electron chi connectivity index (χ3n) is 6.99. The van der Waals surface area contributed by atoms with Gasteiger partial charge in [0.05, 0.1) is 35.8 Å². The minimum absolute atomic E-state index is 0.252. The van der Waals surface area contributed by atoms with Crippen LogP contribution in [-0.4, -0.2) is 65.2 Å². The predicted molar refractivity (Wildman–Crippen MR) is 150 cm³/mol. The smallest absolute Gasteiger partial charge is 0.247 e. The van der Waals surface area contributed by atoms with E-state index in [0.29, 0.717) is 34.5 Å². The molecule has 11 heteroatoms. The predicted octanol–water partition coefficient (Wildman–Crippen LogP) is 3.71. The molecule has 196 valence electrons. The number of piperidine rings is 1. The normalized spacial score (nSPS) is 14.5. The summed E-state index contributed by atoms with van der Waals surface area (Å²) < 4.78 is 3.97. The topological polar surface area (TPSA) is 133 Å². The van der Waals surface area contributed by atoms with Gasteiger partial charge in [-0.3, -0.25) is 19.0 Å². The summed E-state index contributed by atoms with van der Waals surface area (Å²) >= 11 is 0. The molecule has 39 heavy (non-hydrogen) atoms. The number of imidazole rings is 1. The number of carbonyl (C=O) groups excluding carboxylic acids is 1. The number of fused-ring (bicyclic) bond motifs is 1. The van der Waals surface area contributed by atoms with E-state index in [4.69, 9.17) is 15.7 Å². The summed E-state index contributed by atoms with van der Waals surface area (Å²) in [6, 6.07) is 9.68. The molecule has 0 radical (unpaired) electrons. The number of benzene rings is 1. The van der Waals surface area contributed by atoms with Crippen LogP contribution in [0.3, 0.4) is 0 Å². The van der Waals surface area contributed by atoms with Gasteiger partial charge < -0.3 is 16.0 Å². The molecular formula is C28H28N10O. The largest absolute Gasteiger partial charge is 0.382 e. The summed E-state index contributed by atoms with van der Waals surface area (Å²) in [6.07, 6.45) is 12.2. The summed E-state index contributed by atoms with van der Waals surface area (Å²) in [5, 5.41) is 7.44. The first-order chi connectivity index (χ1) is 19.0. The Hall–Kier alpha value is -4.90. The van der Waals surface area contributed by atoms with Crippen LogP contribution in [0.2, 0.25) is 0 Å². The van der Waals surface area contributed by atoms with Gasteiger partial charge in [0.15, 0.2) is 11.6 Å². The Morgan fingerprint density at radius 1 is 1.15 bits per heavy atom. The molecule has 0 aliphatic carbocycles. The lowest BCUT2D eigenvalue weighted by atomic mass is 10.1. The second-order valence-electron chi connectivity index (χ2n) is 9.61. The zero-order valence-electron chi connectivity index (χ0n) is 21.5. The number of nitrogens with one attached hydrogen (secondary N) is 1. The lowest BCUT2D eigenvalue weighted by molar-refractivity contribution is -0.111. The summed E-state index contributed by atoms with van der Waals surface area (Å²) in [5.41, 5.74) is 11.2. The van der Waals surface area contributed by atoms with E-state index < -0.39 is 0 Å². The van der Waals surface area contributed by atoms with E-state index in [0.717, 1.165) is 42.7 Å². The zero-order valence-corrected chi connectivity index (χ0v) is 21.5. The Balaban J connectivity index is 1.43. The molecule has 1 saturated heterocycles. The molecule has 1 fully saturated rings. The molecule has 5 heterocycles. The number of likely N-dealkylation sites (tertiary alicyclic amines) is 1. The van der Waals surface area contributed by atoms with Crippen molar-refractivity contribution < 1.29 is 4.79 Å². The molecule has 0 unspecified atom stereocenters. The van der Waals surface area contributed by atoms with E-state index in [-0.39, 0.29) is 11.7 Å². The lowest BCUT2D eigenvalue weighted by Crippen LogP contribution is -2.31. The van der Waals surface area contributed by atoms with E-state index in [2.05, 4.69) is 38.9 Å². The van der Waals surface area contributed by atoms with Crippen molar-refractivity contribution in [1.82, 2.24) is 39.2 Å². The quantitative estimate of drug-likeness (QED) is 0.324. The van der Waals surface area contributed by atoms with Crippen LogP contribution >= 0.6 is 0 Å². The van der Waals surface area contributed by atoms with E-state index >= 15 is 0 Å². The van der Waals surface area contributed by atoms with Crippen LogP contribution in [0.4, 0.5) is 11.5 Å². The van der Waals surface area contributed by atoms with Crippen molar-refractivity contribution in [2.24, 2.45) is 0 Å². The highest BCUT2D eigenvalue weighted by Crippen LogP contribution is 2.32. The fourth-order valence-electron chi connectivity index (χ4n) is 4.90. The molecule has 3 N–H and O–H groups in total. The monoisotopic (exact) mass is 520 g/mol. The standard InChI is InChI=1S/C28H28N10O/c1-3-25(39)33-19-5-4-6-21(13-19)38-24-7-10-30-15-23(24)35-28(38)26-27(29)31-16-22(34-26)18-14-32-37(17-18)20-8-11-36(2)12-9-20/h3-7,10,13-17,20H,1,8-9,11-12H2,2H3,(H2,29,31)(H,33,39). The van der Waals surface area contributed by atoms with Gasteiger partial charge in [0.2, 0.25) is 5.91 Å². The fraction of sp³-hybridized carbons (Fsp3) is 0.214. The molecule has 1 amide bonds. The molecule has 11 nitrogen and oxygen atoms in total. The Bertz CT molecular complexity index is 1680. The van der Waals surface area contributed by atoms with Gasteiger partial charge in [-0.25, -0.2) is 15.0 Å². The third kappa shape index (κ3) is 4.75. The highest BCUT2D eigenvalue weighted by atomic mass is 16.1. The van der Waals surface area contributed by atoms with E-state index in [1.165, 1.54) is 6.08 Å². The van der Waals surface area contributed by atoms with Crippen LogP contribution in [0.15, 0.2) is 74.0 Å². The second-order valence-corrected chi connectivity index (χ2v) is 9.61. The average molecular weight is 521 g/mol. The molecule has 4 aromatic heterocycles. The maximum atomic E-state index is 11.9. The summed E-state index contributed by atoms with van der Waals surface area (Å²) in [6.45, 7) is 5.63. The van der Waals surface area contributed by atoms with Gasteiger partial charge in [-0.2, -0.15) is 5.10 Å². The Kier molecular flexibility index (Phi) is 6.33. The highest BCUT2D eigenvalue weighted by Gasteiger charge is 2.22. The van der Waals surface area contributed by atoms with Crippen LogP contribution in [0.1, 0.15) is 18.9 Å². The Morgan fingerprint density at radius 3 is 2.82 bits per heavy atom. The van der Waals surface area contributed by atoms with Gasteiger partial charge in [-0.05, 0) is 63.3 Å². The van der Waals surface area contributed by atoms with Crippen molar-refractivity contribution in [3.05, 3.63) is 74.0 Å². The van der Waals surface area contributed by atoms with Crippen molar-refractivity contribution >= 4 is 28.4 Å². The first-order valence-electron chi connectivity index (χ1n) is 12.7. The minimum Gasteiger partial charge on any atom is -0.382 e. The van der Waals surface area contributed by atoms with Crippen molar-refractivity contribution in [2.75, 3.05) is 31.2 Å². The summed E-state index contributed by atoms with van der Waals surface area (Å²) in [7, 11) is 2.15. The Labute approximate surface area is 225 Å². The lowest BCUT2D eigenvalue weighted by Gasteiger charge is -2.28. The van der Waals surface area contributed by atoms with Gasteiger partial charge in [-0.1, -0.05) is 12.6 Å². The number of amides is 1. The van der Waals surface area contributed by atoms with Crippen molar-refractivity contribution in [2.45, 2.75) is 18.9 Å². The van der Waals surface area contributed by atoms with Crippen LogP contribution in [-0.2, 0) is 4.79 Å². The molecule has 0 saturated carbocycles. The molecule has 6 rings (SSSR count). The number of rotatable bonds is 6. The molecule has 1 aromatic carbocycles. The van der Waals surface area contributed by atoms with Gasteiger partial charge in [0.25, 0.3) is 0 Å². The van der Waals surface area contributed by atoms with Crippen molar-refractivity contribution in [1.29, 1.82) is 0 Å². The molecular weight excluding hydrogens is 492 g/mol. The maximum Gasteiger partial charge on any atom is 0.247 e. The first-order valence-corrected chi connectivity index (χ1v) is 12.7. The van der Waals surface area contributed by atoms with Crippen molar-refractivity contribution in [3.63, 3.8) is 0 Å². The number of nitrogens with zero attached hydrogens (tertiary/aromatic N) is 8. The third-order valence-corrected chi connectivity index (χ3v) is 6.99. The number of hydrogen-bond acceptors (Lipinski definition) is 8. The number of pyridine rings is 1. The number of hydrogen-bond donors (Lipinski definition) is 2. The molecule has 1 aliphatic rings. The molecule has 0 atom stereocenters. The van der Waals surface area contributed by atoms with E-state index in [1.807, 2.05) is 52.0 Å². The SMILES string of the molecule is C=CC(=O)Nc1cccc(-n2c(-c3nc(-c4cnn(C5CCN(C)CC5)c4)cnc3N)nc3cnccc32)c1. The highest BCUT2D eigenvalue weighted by molar-refractivity contribution is 5.99. The number of aromatic nitrogens is 7. The zero-order chi connectivity index (χ0) is 26.9. The summed E-state index contributed by atoms with van der Waals surface area (Å²) in [4.78, 5) is 32.7. The molecule has 0 bridgehead atoms. The van der Waals surface area contributed by atoms with Gasteiger partial charge in [0, 0.05) is 29.3 Å². The van der Waals surface area contributed by atoms with Crippen LogP contribution in [0.25, 0.3) is 39.5 Å². The molecule has 1 aliphatic heterocycles. The van der Waals surface area contributed by atoms with E-state index in [9.17, 15) is 4.79 Å².